The number of nitrogens with zero attached hydrogens (tertiary/aromatic N) is 2. The van der Waals surface area contributed by atoms with Gasteiger partial charge in [0.05, 0.1) is 5.54 Å². The van der Waals surface area contributed by atoms with Gasteiger partial charge in [0.15, 0.2) is 0 Å². The van der Waals surface area contributed by atoms with E-state index in [1.54, 1.807) is 0 Å². The Morgan fingerprint density at radius 3 is 2.58 bits per heavy atom. The van der Waals surface area contributed by atoms with Crippen molar-refractivity contribution >= 4 is 5.91 Å². The highest BCUT2D eigenvalue weighted by Crippen LogP contribution is 2.24. The average Bonchev–Trinajstić information content (AvgIpc) is 2.46. The van der Waals surface area contributed by atoms with E-state index in [-0.39, 0.29) is 5.54 Å². The highest BCUT2D eigenvalue weighted by Gasteiger charge is 2.38. The molecule has 1 unspecified atom stereocenters. The number of rotatable bonds is 3. The summed E-state index contributed by atoms with van der Waals surface area (Å²) in [5.74, 6) is 0.294. The van der Waals surface area contributed by atoms with E-state index in [9.17, 15) is 4.79 Å². The van der Waals surface area contributed by atoms with Crippen LogP contribution in [0.15, 0.2) is 0 Å². The third-order valence-electron chi connectivity index (χ3n) is 4.96. The molecule has 1 atom stereocenters. The Labute approximate surface area is 117 Å². The lowest BCUT2D eigenvalue weighted by Crippen LogP contribution is -2.59. The smallest absolute Gasteiger partial charge is 0.242 e. The van der Waals surface area contributed by atoms with E-state index < -0.39 is 0 Å². The van der Waals surface area contributed by atoms with Crippen LogP contribution in [0, 0.1) is 0 Å². The summed E-state index contributed by atoms with van der Waals surface area (Å²) in [5.41, 5.74) is -0.325. The molecule has 0 bridgehead atoms. The third kappa shape index (κ3) is 3.29. The zero-order chi connectivity index (χ0) is 13.9. The first-order chi connectivity index (χ1) is 9.07. The number of likely N-dealkylation sites (N-methyl/N-ethyl adjacent to an activating group) is 1. The Morgan fingerprint density at radius 2 is 2.05 bits per heavy atom. The van der Waals surface area contributed by atoms with Crippen molar-refractivity contribution in [3.63, 3.8) is 0 Å². The zero-order valence-corrected chi connectivity index (χ0v) is 12.7. The van der Waals surface area contributed by atoms with Gasteiger partial charge in [-0.15, -0.1) is 0 Å². The quantitative estimate of drug-likeness (QED) is 0.841. The van der Waals surface area contributed by atoms with Gasteiger partial charge in [0.2, 0.25) is 5.91 Å². The standard InChI is InChI=1S/C15H29N3O/c1-4-18-11-7-13(8-12-18)17(3)14(19)15(2)9-5-6-10-16-15/h13,16H,4-12H2,1-3H3. The highest BCUT2D eigenvalue weighted by atomic mass is 16.2. The fourth-order valence-electron chi connectivity index (χ4n) is 3.42. The molecule has 2 saturated heterocycles. The molecule has 2 aliphatic rings. The van der Waals surface area contributed by atoms with Crippen molar-refractivity contribution in [2.24, 2.45) is 0 Å². The lowest BCUT2D eigenvalue weighted by molar-refractivity contribution is -0.140. The molecule has 0 radical (unpaired) electrons. The van der Waals surface area contributed by atoms with E-state index in [2.05, 4.69) is 24.1 Å². The van der Waals surface area contributed by atoms with E-state index in [1.165, 1.54) is 6.42 Å². The van der Waals surface area contributed by atoms with Crippen molar-refractivity contribution in [1.29, 1.82) is 0 Å². The first-order valence-corrected chi connectivity index (χ1v) is 7.81. The molecule has 0 aromatic rings. The van der Waals surface area contributed by atoms with Crippen LogP contribution in [-0.4, -0.2) is 60.5 Å². The van der Waals surface area contributed by atoms with Gasteiger partial charge in [0.1, 0.15) is 0 Å². The summed E-state index contributed by atoms with van der Waals surface area (Å²) in [6, 6.07) is 0.427. The molecule has 2 aliphatic heterocycles. The molecule has 0 spiro atoms. The minimum Gasteiger partial charge on any atom is -0.341 e. The van der Waals surface area contributed by atoms with Crippen LogP contribution in [0.4, 0.5) is 0 Å². The van der Waals surface area contributed by atoms with Crippen LogP contribution < -0.4 is 5.32 Å². The minimum absolute atomic E-state index is 0.294. The molecule has 0 aromatic carbocycles. The van der Waals surface area contributed by atoms with Gasteiger partial charge in [-0.1, -0.05) is 6.92 Å². The van der Waals surface area contributed by atoms with E-state index in [4.69, 9.17) is 0 Å². The summed E-state index contributed by atoms with van der Waals surface area (Å²) in [6.07, 6.45) is 5.57. The summed E-state index contributed by atoms with van der Waals surface area (Å²) < 4.78 is 0. The van der Waals surface area contributed by atoms with Crippen LogP contribution in [-0.2, 0) is 4.79 Å². The monoisotopic (exact) mass is 267 g/mol. The van der Waals surface area contributed by atoms with Gasteiger partial charge in [0.25, 0.3) is 0 Å². The Bertz CT molecular complexity index is 305. The fourth-order valence-corrected chi connectivity index (χ4v) is 3.42. The summed E-state index contributed by atoms with van der Waals surface area (Å²) in [7, 11) is 2.00. The second-order valence-corrected chi connectivity index (χ2v) is 6.30. The topological polar surface area (TPSA) is 35.6 Å². The molecule has 2 heterocycles. The van der Waals surface area contributed by atoms with Gasteiger partial charge in [-0.3, -0.25) is 4.79 Å². The van der Waals surface area contributed by atoms with E-state index in [0.717, 1.165) is 51.9 Å². The summed E-state index contributed by atoms with van der Waals surface area (Å²) in [6.45, 7) is 8.65. The van der Waals surface area contributed by atoms with Crippen molar-refractivity contribution in [3.8, 4) is 0 Å². The van der Waals surface area contributed by atoms with Crippen LogP contribution in [0.3, 0.4) is 0 Å². The van der Waals surface area contributed by atoms with E-state index in [1.807, 2.05) is 11.9 Å². The molecule has 19 heavy (non-hydrogen) atoms. The van der Waals surface area contributed by atoms with Crippen molar-refractivity contribution < 1.29 is 4.79 Å². The summed E-state index contributed by atoms with van der Waals surface area (Å²) >= 11 is 0. The number of amides is 1. The second kappa shape index (κ2) is 6.23. The molecule has 4 nitrogen and oxygen atoms in total. The molecule has 0 aliphatic carbocycles. The molecular formula is C15H29N3O. The number of hydrogen-bond donors (Lipinski definition) is 1. The summed E-state index contributed by atoms with van der Waals surface area (Å²) in [4.78, 5) is 17.2. The normalized spacial score (nSPS) is 30.3. The Hall–Kier alpha value is -0.610. The number of carbonyl (C=O) groups is 1. The zero-order valence-electron chi connectivity index (χ0n) is 12.7. The predicted octanol–water partition coefficient (Wildman–Crippen LogP) is 1.46. The lowest BCUT2D eigenvalue weighted by Gasteiger charge is -2.42. The SMILES string of the molecule is CCN1CCC(N(C)C(=O)C2(C)CCCCN2)CC1. The molecule has 1 amide bonds. The molecular weight excluding hydrogens is 238 g/mol. The van der Waals surface area contributed by atoms with Crippen molar-refractivity contribution in [2.45, 2.75) is 57.5 Å². The molecule has 0 aromatic heterocycles. The van der Waals surface area contributed by atoms with Crippen molar-refractivity contribution in [1.82, 2.24) is 15.1 Å². The Morgan fingerprint density at radius 1 is 1.37 bits per heavy atom. The van der Waals surface area contributed by atoms with Gasteiger partial charge in [-0.2, -0.15) is 0 Å². The van der Waals surface area contributed by atoms with Gasteiger partial charge < -0.3 is 15.1 Å². The van der Waals surface area contributed by atoms with Gasteiger partial charge in [-0.05, 0) is 52.1 Å². The highest BCUT2D eigenvalue weighted by molar-refractivity contribution is 5.86. The number of carbonyl (C=O) groups excluding carboxylic acids is 1. The van der Waals surface area contributed by atoms with Crippen molar-refractivity contribution in [3.05, 3.63) is 0 Å². The third-order valence-corrected chi connectivity index (χ3v) is 4.96. The molecule has 2 fully saturated rings. The molecule has 110 valence electrons. The number of likely N-dealkylation sites (tertiary alicyclic amines) is 1. The predicted molar refractivity (Wildman–Crippen MR) is 78.2 cm³/mol. The number of hydrogen-bond acceptors (Lipinski definition) is 3. The fraction of sp³-hybridized carbons (Fsp3) is 0.933. The molecule has 0 saturated carbocycles. The van der Waals surface area contributed by atoms with Crippen LogP contribution >= 0.6 is 0 Å². The van der Waals surface area contributed by atoms with E-state index >= 15 is 0 Å². The molecule has 4 heteroatoms. The van der Waals surface area contributed by atoms with E-state index in [0.29, 0.717) is 11.9 Å². The first-order valence-electron chi connectivity index (χ1n) is 7.81. The number of piperidine rings is 2. The van der Waals surface area contributed by atoms with Crippen LogP contribution in [0.1, 0.15) is 46.0 Å². The minimum atomic E-state index is -0.325. The second-order valence-electron chi connectivity index (χ2n) is 6.30. The number of nitrogens with one attached hydrogen (secondary N) is 1. The van der Waals surface area contributed by atoms with Crippen LogP contribution in [0.2, 0.25) is 0 Å². The first kappa shape index (κ1) is 14.8. The largest absolute Gasteiger partial charge is 0.341 e. The maximum atomic E-state index is 12.7. The maximum absolute atomic E-state index is 12.7. The van der Waals surface area contributed by atoms with Crippen LogP contribution in [0.5, 0.6) is 0 Å². The van der Waals surface area contributed by atoms with Gasteiger partial charge in [0, 0.05) is 26.2 Å². The Balaban J connectivity index is 1.92. The lowest BCUT2D eigenvalue weighted by atomic mass is 9.88. The molecule has 1 N–H and O–H groups in total. The van der Waals surface area contributed by atoms with Gasteiger partial charge in [-0.25, -0.2) is 0 Å². The van der Waals surface area contributed by atoms with Gasteiger partial charge >= 0.3 is 0 Å². The average molecular weight is 267 g/mol. The van der Waals surface area contributed by atoms with Crippen molar-refractivity contribution in [2.75, 3.05) is 33.2 Å². The molecule has 2 rings (SSSR count). The van der Waals surface area contributed by atoms with Crippen LogP contribution in [0.25, 0.3) is 0 Å². The maximum Gasteiger partial charge on any atom is 0.242 e. The summed E-state index contributed by atoms with van der Waals surface area (Å²) in [5, 5.41) is 3.43. The Kier molecular flexibility index (Phi) is 4.85.